The average Bonchev–Trinajstić information content (AvgIpc) is 3.47. The Balaban J connectivity index is 1.60. The molecule has 1 aromatic heterocycles. The molecule has 0 radical (unpaired) electrons. The van der Waals surface area contributed by atoms with Crippen molar-refractivity contribution in [3.63, 3.8) is 0 Å². The lowest BCUT2D eigenvalue weighted by Gasteiger charge is -2.33. The van der Waals surface area contributed by atoms with Gasteiger partial charge in [0.1, 0.15) is 16.2 Å². The van der Waals surface area contributed by atoms with Gasteiger partial charge in [-0.05, 0) is 38.4 Å². The number of hydrogen-bond donors (Lipinski definition) is 1. The molecule has 2 aliphatic heterocycles. The Hall–Kier alpha value is -1.59. The molecule has 2 aromatic rings. The van der Waals surface area contributed by atoms with Crippen LogP contribution >= 0.6 is 23.2 Å². The van der Waals surface area contributed by atoms with Gasteiger partial charge in [0.05, 0.1) is 16.3 Å². The van der Waals surface area contributed by atoms with Gasteiger partial charge in [0, 0.05) is 32.8 Å². The number of benzene rings is 1. The predicted octanol–water partition coefficient (Wildman–Crippen LogP) is 3.61. The van der Waals surface area contributed by atoms with Crippen molar-refractivity contribution in [2.75, 3.05) is 49.5 Å². The first-order chi connectivity index (χ1) is 14.7. The van der Waals surface area contributed by atoms with Crippen LogP contribution in [-0.4, -0.2) is 63.9 Å². The maximum Gasteiger partial charge on any atom is 0.267 e. The van der Waals surface area contributed by atoms with Crippen molar-refractivity contribution in [3.05, 3.63) is 34.3 Å². The summed E-state index contributed by atoms with van der Waals surface area (Å²) in [5.41, 5.74) is -0.0690. The van der Waals surface area contributed by atoms with Crippen molar-refractivity contribution in [3.8, 4) is 0 Å². The lowest BCUT2D eigenvalue weighted by molar-refractivity contribution is -0.0151. The molecule has 1 atom stereocenters. The highest BCUT2D eigenvalue weighted by molar-refractivity contribution is 7.92. The first-order valence-electron chi connectivity index (χ1n) is 9.88. The molecule has 4 rings (SSSR count). The van der Waals surface area contributed by atoms with Crippen molar-refractivity contribution >= 4 is 44.7 Å². The van der Waals surface area contributed by atoms with Gasteiger partial charge in [-0.25, -0.2) is 12.8 Å². The summed E-state index contributed by atoms with van der Waals surface area (Å²) in [5, 5.41) is 2.88. The summed E-state index contributed by atoms with van der Waals surface area (Å²) in [7, 11) is -2.68. The fourth-order valence-electron chi connectivity index (χ4n) is 4.25. The van der Waals surface area contributed by atoms with Crippen LogP contribution in [0.3, 0.4) is 0 Å². The molecule has 0 bridgehead atoms. The minimum absolute atomic E-state index is 0.0954. The third-order valence-corrected chi connectivity index (χ3v) is 8.03. The molecule has 0 aliphatic carbocycles. The van der Waals surface area contributed by atoms with Crippen LogP contribution in [0.25, 0.3) is 0 Å². The Morgan fingerprint density at radius 2 is 2.06 bits per heavy atom. The zero-order valence-corrected chi connectivity index (χ0v) is 19.2. The summed E-state index contributed by atoms with van der Waals surface area (Å²) in [5.74, 6) is -1.21. The molecule has 0 unspecified atom stereocenters. The van der Waals surface area contributed by atoms with Gasteiger partial charge < -0.3 is 19.1 Å². The van der Waals surface area contributed by atoms with E-state index in [-0.39, 0.29) is 15.9 Å². The van der Waals surface area contributed by atoms with E-state index in [9.17, 15) is 8.42 Å². The number of anilines is 2. The third-order valence-electron chi connectivity index (χ3n) is 5.84. The number of likely N-dealkylation sites (tertiary alicyclic amines) is 1. The van der Waals surface area contributed by atoms with E-state index in [0.717, 1.165) is 26.1 Å². The summed E-state index contributed by atoms with van der Waals surface area (Å²) in [6.45, 7) is 3.94. The number of sulfonamides is 1. The van der Waals surface area contributed by atoms with E-state index in [4.69, 9.17) is 27.9 Å². The van der Waals surface area contributed by atoms with Gasteiger partial charge in [0.15, 0.2) is 11.6 Å². The molecule has 2 saturated heterocycles. The standard InChI is InChI=1S/C19H23Cl2FN4O4S/c1-29-19(11-25-6-2-3-7-25)5-8-26(12-19)14-10-13(20)18(17(22)16(14)21)31(27,28)24-15-4-9-30-23-15/h4,9-10H,2-3,5-8,11-12H2,1H3,(H,23,24)/t19-/m1/s1. The number of nitrogens with zero attached hydrogens (tertiary/aromatic N) is 3. The minimum atomic E-state index is -4.36. The molecule has 0 amide bonds. The molecule has 0 spiro atoms. The smallest absolute Gasteiger partial charge is 0.267 e. The Bertz CT molecular complexity index is 1050. The summed E-state index contributed by atoms with van der Waals surface area (Å²) in [6.07, 6.45) is 4.27. The lowest BCUT2D eigenvalue weighted by Crippen LogP contribution is -2.45. The van der Waals surface area contributed by atoms with Crippen molar-refractivity contribution in [1.82, 2.24) is 10.1 Å². The number of halogens is 3. The SMILES string of the molecule is CO[C@@]1(CN2CCCC2)CCN(c2cc(Cl)c(S(=O)(=O)Nc3ccon3)c(F)c2Cl)C1. The molecule has 3 heterocycles. The number of ether oxygens (including phenoxy) is 1. The zero-order valence-electron chi connectivity index (χ0n) is 16.9. The van der Waals surface area contributed by atoms with Crippen molar-refractivity contribution < 1.29 is 22.1 Å². The van der Waals surface area contributed by atoms with Crippen LogP contribution in [0.5, 0.6) is 0 Å². The number of aromatic nitrogens is 1. The summed E-state index contributed by atoms with van der Waals surface area (Å²) in [6, 6.07) is 2.67. The van der Waals surface area contributed by atoms with Crippen LogP contribution in [-0.2, 0) is 14.8 Å². The summed E-state index contributed by atoms with van der Waals surface area (Å²) >= 11 is 12.5. The van der Waals surface area contributed by atoms with E-state index in [1.165, 1.54) is 31.2 Å². The Morgan fingerprint density at radius 1 is 1.32 bits per heavy atom. The van der Waals surface area contributed by atoms with E-state index < -0.39 is 26.3 Å². The third kappa shape index (κ3) is 4.49. The van der Waals surface area contributed by atoms with Crippen LogP contribution < -0.4 is 9.62 Å². The maximum atomic E-state index is 15.2. The Kier molecular flexibility index (Phi) is 6.37. The minimum Gasteiger partial charge on any atom is -0.375 e. The van der Waals surface area contributed by atoms with E-state index in [1.807, 2.05) is 4.90 Å². The highest BCUT2D eigenvalue weighted by Gasteiger charge is 2.41. The highest BCUT2D eigenvalue weighted by Crippen LogP contribution is 2.41. The summed E-state index contributed by atoms with van der Waals surface area (Å²) < 4.78 is 53.1. The van der Waals surface area contributed by atoms with E-state index in [2.05, 4.69) is 19.3 Å². The fourth-order valence-corrected chi connectivity index (χ4v) is 6.21. The quantitative estimate of drug-likeness (QED) is 0.590. The van der Waals surface area contributed by atoms with E-state index in [0.29, 0.717) is 18.8 Å². The van der Waals surface area contributed by atoms with Crippen LogP contribution in [0.15, 0.2) is 27.8 Å². The number of methoxy groups -OCH3 is 1. The first kappa shape index (κ1) is 22.6. The highest BCUT2D eigenvalue weighted by atomic mass is 35.5. The molecule has 8 nitrogen and oxygen atoms in total. The predicted molar refractivity (Wildman–Crippen MR) is 116 cm³/mol. The molecule has 170 valence electrons. The second-order valence-corrected chi connectivity index (χ2v) is 10.3. The van der Waals surface area contributed by atoms with Crippen LogP contribution in [0.4, 0.5) is 15.9 Å². The largest absolute Gasteiger partial charge is 0.375 e. The molecule has 2 aliphatic rings. The first-order valence-corrected chi connectivity index (χ1v) is 12.1. The Morgan fingerprint density at radius 3 is 2.71 bits per heavy atom. The van der Waals surface area contributed by atoms with Crippen molar-refractivity contribution in [1.29, 1.82) is 0 Å². The maximum absolute atomic E-state index is 15.2. The molecule has 12 heteroatoms. The lowest BCUT2D eigenvalue weighted by atomic mass is 10.0. The second-order valence-electron chi connectivity index (χ2n) is 7.87. The van der Waals surface area contributed by atoms with Crippen LogP contribution in [0.2, 0.25) is 10.0 Å². The van der Waals surface area contributed by atoms with Gasteiger partial charge in [-0.15, -0.1) is 0 Å². The number of rotatable bonds is 7. The van der Waals surface area contributed by atoms with Gasteiger partial charge in [0.2, 0.25) is 0 Å². The van der Waals surface area contributed by atoms with Gasteiger partial charge in [-0.3, -0.25) is 4.72 Å². The summed E-state index contributed by atoms with van der Waals surface area (Å²) in [4.78, 5) is 3.52. The molecular weight excluding hydrogens is 470 g/mol. The molecule has 0 saturated carbocycles. The molecule has 2 fully saturated rings. The van der Waals surface area contributed by atoms with Gasteiger partial charge in [-0.2, -0.15) is 0 Å². The van der Waals surface area contributed by atoms with Gasteiger partial charge in [-0.1, -0.05) is 28.4 Å². The van der Waals surface area contributed by atoms with E-state index in [1.54, 1.807) is 7.11 Å². The molecule has 1 N–H and O–H groups in total. The van der Waals surface area contributed by atoms with Gasteiger partial charge >= 0.3 is 0 Å². The average molecular weight is 493 g/mol. The Labute approximate surface area is 190 Å². The van der Waals surface area contributed by atoms with Crippen LogP contribution in [0.1, 0.15) is 19.3 Å². The van der Waals surface area contributed by atoms with Crippen molar-refractivity contribution in [2.24, 2.45) is 0 Å². The fraction of sp³-hybridized carbons (Fsp3) is 0.526. The van der Waals surface area contributed by atoms with E-state index >= 15 is 4.39 Å². The monoisotopic (exact) mass is 492 g/mol. The molecule has 1 aromatic carbocycles. The number of nitrogens with one attached hydrogen (secondary N) is 1. The van der Waals surface area contributed by atoms with Crippen molar-refractivity contribution in [2.45, 2.75) is 29.8 Å². The van der Waals surface area contributed by atoms with Crippen LogP contribution in [0, 0.1) is 5.82 Å². The normalized spacial score (nSPS) is 22.4. The second kappa shape index (κ2) is 8.74. The zero-order chi connectivity index (χ0) is 22.2. The molecular formula is C19H23Cl2FN4O4S. The topological polar surface area (TPSA) is 87.9 Å². The number of hydrogen-bond acceptors (Lipinski definition) is 7. The molecule has 31 heavy (non-hydrogen) atoms. The van der Waals surface area contributed by atoms with Gasteiger partial charge in [0.25, 0.3) is 10.0 Å².